The zero-order chi connectivity index (χ0) is 21.7. The van der Waals surface area contributed by atoms with E-state index in [2.05, 4.69) is 20.3 Å². The van der Waals surface area contributed by atoms with Crippen LogP contribution in [-0.4, -0.2) is 51.4 Å². The van der Waals surface area contributed by atoms with Gasteiger partial charge in [-0.3, -0.25) is 9.59 Å². The molecule has 5 rings (SSSR count). The van der Waals surface area contributed by atoms with E-state index in [9.17, 15) is 14.0 Å². The van der Waals surface area contributed by atoms with E-state index in [4.69, 9.17) is 5.73 Å². The molecular weight excluding hydrogens is 399 g/mol. The number of nitrogens with zero attached hydrogens (tertiary/aromatic N) is 2. The van der Waals surface area contributed by atoms with Crippen LogP contribution in [0.3, 0.4) is 0 Å². The quantitative estimate of drug-likeness (QED) is 0.396. The first kappa shape index (κ1) is 19.3. The van der Waals surface area contributed by atoms with E-state index in [0.717, 1.165) is 6.54 Å². The molecule has 4 aromatic rings. The SMILES string of the molecule is C[C@H]1CN(C(=O)c2ccc3nc(-c4c(N)c5c(F)cccc5[nH]c4=O)[nH]c3c2)CCN1. The second-order valence-electron chi connectivity index (χ2n) is 7.83. The van der Waals surface area contributed by atoms with Crippen molar-refractivity contribution in [1.82, 2.24) is 25.2 Å². The van der Waals surface area contributed by atoms with Gasteiger partial charge in [0, 0.05) is 31.2 Å². The lowest BCUT2D eigenvalue weighted by molar-refractivity contribution is 0.0709. The number of imidazole rings is 1. The molecule has 31 heavy (non-hydrogen) atoms. The number of nitrogen functional groups attached to an aromatic ring is 1. The first-order valence-electron chi connectivity index (χ1n) is 10.0. The molecule has 0 saturated carbocycles. The smallest absolute Gasteiger partial charge is 0.261 e. The molecule has 0 bridgehead atoms. The van der Waals surface area contributed by atoms with Crippen LogP contribution in [0.4, 0.5) is 10.1 Å². The van der Waals surface area contributed by atoms with Gasteiger partial charge in [0.25, 0.3) is 11.5 Å². The molecule has 0 aliphatic carbocycles. The van der Waals surface area contributed by atoms with Gasteiger partial charge in [-0.25, -0.2) is 9.37 Å². The average Bonchev–Trinajstić information content (AvgIpc) is 3.15. The lowest BCUT2D eigenvalue weighted by Crippen LogP contribution is -2.51. The summed E-state index contributed by atoms with van der Waals surface area (Å²) >= 11 is 0. The third-order valence-corrected chi connectivity index (χ3v) is 5.65. The Hall–Kier alpha value is -3.72. The predicted octanol–water partition coefficient (Wildman–Crippen LogP) is 2.23. The van der Waals surface area contributed by atoms with Crippen molar-refractivity contribution in [3.8, 4) is 11.4 Å². The molecule has 0 unspecified atom stereocenters. The molecule has 1 atom stereocenters. The Labute approximate surface area is 176 Å². The van der Waals surface area contributed by atoms with Gasteiger partial charge in [-0.2, -0.15) is 0 Å². The molecule has 1 amide bonds. The summed E-state index contributed by atoms with van der Waals surface area (Å²) in [5, 5.41) is 3.46. The topological polar surface area (TPSA) is 120 Å². The number of nitrogens with two attached hydrogens (primary N) is 1. The highest BCUT2D eigenvalue weighted by Crippen LogP contribution is 2.30. The number of piperazine rings is 1. The Morgan fingerprint density at radius 1 is 1.23 bits per heavy atom. The van der Waals surface area contributed by atoms with Crippen molar-refractivity contribution in [1.29, 1.82) is 0 Å². The summed E-state index contributed by atoms with van der Waals surface area (Å²) in [5.41, 5.74) is 7.81. The molecule has 1 saturated heterocycles. The predicted molar refractivity (Wildman–Crippen MR) is 117 cm³/mol. The monoisotopic (exact) mass is 420 g/mol. The number of hydrogen-bond acceptors (Lipinski definition) is 5. The van der Waals surface area contributed by atoms with E-state index in [0.29, 0.717) is 35.2 Å². The zero-order valence-electron chi connectivity index (χ0n) is 16.8. The number of halogens is 1. The average molecular weight is 420 g/mol. The molecular formula is C22H21FN6O2. The molecule has 2 aromatic carbocycles. The molecule has 8 nitrogen and oxygen atoms in total. The molecule has 158 valence electrons. The summed E-state index contributed by atoms with van der Waals surface area (Å²) in [7, 11) is 0. The van der Waals surface area contributed by atoms with Gasteiger partial charge in [0.1, 0.15) is 17.2 Å². The fraction of sp³-hybridized carbons (Fsp3) is 0.227. The number of rotatable bonds is 2. The first-order valence-corrected chi connectivity index (χ1v) is 10.0. The van der Waals surface area contributed by atoms with Gasteiger partial charge in [-0.05, 0) is 37.3 Å². The number of H-pyrrole nitrogens is 2. The minimum atomic E-state index is -0.526. The van der Waals surface area contributed by atoms with Crippen molar-refractivity contribution in [2.45, 2.75) is 13.0 Å². The Morgan fingerprint density at radius 3 is 2.87 bits per heavy atom. The van der Waals surface area contributed by atoms with Crippen molar-refractivity contribution < 1.29 is 9.18 Å². The van der Waals surface area contributed by atoms with Crippen molar-refractivity contribution >= 4 is 33.5 Å². The summed E-state index contributed by atoms with van der Waals surface area (Å²) in [6.07, 6.45) is 0. The number of anilines is 1. The normalized spacial score (nSPS) is 16.8. The minimum Gasteiger partial charge on any atom is -0.397 e. The molecule has 2 aromatic heterocycles. The van der Waals surface area contributed by atoms with Crippen LogP contribution < -0.4 is 16.6 Å². The number of carbonyl (C=O) groups excluding carboxylic acids is 1. The fourth-order valence-corrected chi connectivity index (χ4v) is 4.13. The van der Waals surface area contributed by atoms with E-state index >= 15 is 0 Å². The maximum absolute atomic E-state index is 14.3. The molecule has 0 radical (unpaired) electrons. The van der Waals surface area contributed by atoms with Crippen molar-refractivity contribution in [2.75, 3.05) is 25.4 Å². The second-order valence-corrected chi connectivity index (χ2v) is 7.83. The summed E-state index contributed by atoms with van der Waals surface area (Å²) in [6, 6.07) is 9.78. The van der Waals surface area contributed by atoms with E-state index in [1.54, 1.807) is 24.3 Å². The van der Waals surface area contributed by atoms with Crippen molar-refractivity contribution in [3.63, 3.8) is 0 Å². The number of amides is 1. The standard InChI is InChI=1S/C22H21FN6O2/c1-11-10-29(8-7-25-11)22(31)12-5-6-14-16(9-12)27-20(26-14)18-19(24)17-13(23)3-2-4-15(17)28-21(18)30/h2-6,9,11,25H,7-8,10H2,1H3,(H,26,27)(H3,24,28,30)/t11-/m0/s1. The van der Waals surface area contributed by atoms with E-state index < -0.39 is 11.4 Å². The van der Waals surface area contributed by atoms with E-state index in [-0.39, 0.29) is 34.4 Å². The Bertz CT molecular complexity index is 1390. The van der Waals surface area contributed by atoms with Gasteiger partial charge in [-0.15, -0.1) is 0 Å². The number of aromatic nitrogens is 3. The van der Waals surface area contributed by atoms with Crippen LogP contribution in [0.15, 0.2) is 41.2 Å². The molecule has 1 aliphatic rings. The van der Waals surface area contributed by atoms with Gasteiger partial charge >= 0.3 is 0 Å². The molecule has 9 heteroatoms. The lowest BCUT2D eigenvalue weighted by Gasteiger charge is -2.31. The van der Waals surface area contributed by atoms with Crippen LogP contribution in [0.2, 0.25) is 0 Å². The van der Waals surface area contributed by atoms with Crippen LogP contribution in [0.5, 0.6) is 0 Å². The van der Waals surface area contributed by atoms with Gasteiger partial charge in [0.05, 0.1) is 27.6 Å². The van der Waals surface area contributed by atoms with Gasteiger partial charge in [0.2, 0.25) is 0 Å². The highest BCUT2D eigenvalue weighted by Gasteiger charge is 2.23. The largest absolute Gasteiger partial charge is 0.397 e. The van der Waals surface area contributed by atoms with Gasteiger partial charge in [-0.1, -0.05) is 6.07 Å². The van der Waals surface area contributed by atoms with Gasteiger partial charge < -0.3 is 25.9 Å². The minimum absolute atomic E-state index is 0.0158. The van der Waals surface area contributed by atoms with E-state index in [1.165, 1.54) is 12.1 Å². The summed E-state index contributed by atoms with van der Waals surface area (Å²) < 4.78 is 14.3. The number of hydrogen-bond donors (Lipinski definition) is 4. The number of aromatic amines is 2. The zero-order valence-corrected chi connectivity index (χ0v) is 16.8. The molecule has 1 fully saturated rings. The highest BCUT2D eigenvalue weighted by molar-refractivity contribution is 6.00. The van der Waals surface area contributed by atoms with Crippen molar-refractivity contribution in [3.05, 3.63) is 58.1 Å². The number of benzene rings is 2. The molecule has 1 aliphatic heterocycles. The molecule has 3 heterocycles. The van der Waals surface area contributed by atoms with Crippen LogP contribution in [0, 0.1) is 5.82 Å². The number of fused-ring (bicyclic) bond motifs is 2. The van der Waals surface area contributed by atoms with Crippen molar-refractivity contribution in [2.24, 2.45) is 0 Å². The number of pyridine rings is 1. The highest BCUT2D eigenvalue weighted by atomic mass is 19.1. The second kappa shape index (κ2) is 7.21. The first-order chi connectivity index (χ1) is 14.9. The summed E-state index contributed by atoms with van der Waals surface area (Å²) in [4.78, 5) is 37.6. The van der Waals surface area contributed by atoms with Crippen LogP contribution in [0.25, 0.3) is 33.3 Å². The third kappa shape index (κ3) is 3.23. The lowest BCUT2D eigenvalue weighted by atomic mass is 10.1. The Morgan fingerprint density at radius 2 is 2.06 bits per heavy atom. The molecule has 0 spiro atoms. The maximum Gasteiger partial charge on any atom is 0.261 e. The third-order valence-electron chi connectivity index (χ3n) is 5.65. The van der Waals surface area contributed by atoms with Crippen LogP contribution >= 0.6 is 0 Å². The summed E-state index contributed by atoms with van der Waals surface area (Å²) in [6.45, 7) is 4.08. The van der Waals surface area contributed by atoms with Gasteiger partial charge in [0.15, 0.2) is 0 Å². The number of carbonyl (C=O) groups is 1. The van der Waals surface area contributed by atoms with E-state index in [1.807, 2.05) is 11.8 Å². The molecule has 5 N–H and O–H groups in total. The number of nitrogens with one attached hydrogen (secondary N) is 3. The fourth-order valence-electron chi connectivity index (χ4n) is 4.13. The Kier molecular flexibility index (Phi) is 4.48. The summed E-state index contributed by atoms with van der Waals surface area (Å²) in [5.74, 6) is -0.363. The van der Waals surface area contributed by atoms with Crippen LogP contribution in [-0.2, 0) is 0 Å². The Balaban J connectivity index is 1.58. The van der Waals surface area contributed by atoms with Crippen LogP contribution in [0.1, 0.15) is 17.3 Å². The maximum atomic E-state index is 14.3.